The normalized spacial score (nSPS) is 17.1. The molecule has 28 heavy (non-hydrogen) atoms. The number of hydrogen-bond donors (Lipinski definition) is 0. The number of aromatic nitrogens is 4. The van der Waals surface area contributed by atoms with Crippen LogP contribution in [0, 0.1) is 0 Å². The second-order valence-corrected chi connectivity index (χ2v) is 6.28. The summed E-state index contributed by atoms with van der Waals surface area (Å²) in [7, 11) is 0. The summed E-state index contributed by atoms with van der Waals surface area (Å²) >= 11 is 0. The third-order valence-electron chi connectivity index (χ3n) is 4.47. The Morgan fingerprint density at radius 1 is 1.25 bits per heavy atom. The summed E-state index contributed by atoms with van der Waals surface area (Å²) in [6.07, 6.45) is 1.15. The zero-order valence-corrected chi connectivity index (χ0v) is 14.4. The van der Waals surface area contributed by atoms with Crippen molar-refractivity contribution in [3.8, 4) is 11.4 Å². The molecule has 1 aliphatic rings. The molecule has 1 saturated heterocycles. The van der Waals surface area contributed by atoms with Crippen LogP contribution in [0.4, 0.5) is 13.2 Å². The van der Waals surface area contributed by atoms with E-state index in [0.717, 1.165) is 18.6 Å². The molecule has 10 heteroatoms. The van der Waals surface area contributed by atoms with Crippen LogP contribution < -0.4 is 0 Å². The summed E-state index contributed by atoms with van der Waals surface area (Å²) < 4.78 is 44.0. The van der Waals surface area contributed by atoms with Gasteiger partial charge in [0.2, 0.25) is 11.7 Å². The highest BCUT2D eigenvalue weighted by atomic mass is 19.4. The van der Waals surface area contributed by atoms with Crippen LogP contribution in [0.3, 0.4) is 0 Å². The van der Waals surface area contributed by atoms with Gasteiger partial charge in [-0.3, -0.25) is 9.78 Å². The summed E-state index contributed by atoms with van der Waals surface area (Å²) in [6, 6.07) is 4.24. The Bertz CT molecular complexity index is 990. The number of halogens is 3. The van der Waals surface area contributed by atoms with E-state index in [4.69, 9.17) is 4.52 Å². The third kappa shape index (κ3) is 3.45. The number of benzene rings is 1. The molecule has 0 spiro atoms. The van der Waals surface area contributed by atoms with E-state index < -0.39 is 17.8 Å². The zero-order chi connectivity index (χ0) is 19.7. The number of rotatable bonds is 3. The minimum absolute atomic E-state index is 0.0416. The molecule has 1 unspecified atom stereocenters. The lowest BCUT2D eigenvalue weighted by Gasteiger charge is -2.21. The van der Waals surface area contributed by atoms with Crippen LogP contribution >= 0.6 is 0 Å². The fourth-order valence-electron chi connectivity index (χ4n) is 3.15. The molecule has 1 aromatic carbocycles. The molecule has 144 valence electrons. The monoisotopic (exact) mass is 389 g/mol. The largest absolute Gasteiger partial charge is 0.416 e. The number of amides is 1. The molecule has 1 aliphatic heterocycles. The van der Waals surface area contributed by atoms with Crippen molar-refractivity contribution in [1.29, 1.82) is 0 Å². The highest BCUT2D eigenvalue weighted by Gasteiger charge is 2.35. The number of carbonyl (C=O) groups excluding carboxylic acids is 1. The van der Waals surface area contributed by atoms with Crippen molar-refractivity contribution in [2.24, 2.45) is 0 Å². The van der Waals surface area contributed by atoms with E-state index in [2.05, 4.69) is 20.1 Å². The lowest BCUT2D eigenvalue weighted by molar-refractivity contribution is -0.137. The molecule has 3 aromatic rings. The van der Waals surface area contributed by atoms with E-state index >= 15 is 0 Å². The predicted octanol–water partition coefficient (Wildman–Crippen LogP) is 3.52. The molecule has 1 atom stereocenters. The quantitative estimate of drug-likeness (QED) is 0.681. The first kappa shape index (κ1) is 18.1. The first-order chi connectivity index (χ1) is 13.4. The average Bonchev–Trinajstić information content (AvgIpc) is 3.37. The number of likely N-dealkylation sites (tertiary alicyclic amines) is 1. The summed E-state index contributed by atoms with van der Waals surface area (Å²) in [5.41, 5.74) is -0.404. The topological polar surface area (TPSA) is 85.0 Å². The van der Waals surface area contributed by atoms with Gasteiger partial charge in [0.1, 0.15) is 11.7 Å². The minimum Gasteiger partial charge on any atom is -0.337 e. The van der Waals surface area contributed by atoms with Crippen LogP contribution in [-0.2, 0) is 6.18 Å². The number of nitrogens with zero attached hydrogens (tertiary/aromatic N) is 5. The van der Waals surface area contributed by atoms with Crippen LogP contribution in [0.5, 0.6) is 0 Å². The Hall–Kier alpha value is -3.30. The summed E-state index contributed by atoms with van der Waals surface area (Å²) in [6.45, 7) is 0.487. The molecular weight excluding hydrogens is 375 g/mol. The molecule has 4 rings (SSSR count). The van der Waals surface area contributed by atoms with E-state index in [-0.39, 0.29) is 28.9 Å². The number of alkyl halides is 3. The van der Waals surface area contributed by atoms with E-state index in [9.17, 15) is 18.0 Å². The first-order valence-corrected chi connectivity index (χ1v) is 8.52. The number of hydrogen-bond acceptors (Lipinski definition) is 6. The van der Waals surface area contributed by atoms with Crippen molar-refractivity contribution in [1.82, 2.24) is 25.0 Å². The Kier molecular flexibility index (Phi) is 4.54. The fraction of sp³-hybridized carbons (Fsp3) is 0.278. The molecule has 0 aliphatic carbocycles. The fourth-order valence-corrected chi connectivity index (χ4v) is 3.15. The summed E-state index contributed by atoms with van der Waals surface area (Å²) in [5, 5.41) is 3.80. The predicted molar refractivity (Wildman–Crippen MR) is 89.8 cm³/mol. The maximum atomic E-state index is 12.9. The molecule has 0 N–H and O–H groups in total. The Morgan fingerprint density at radius 2 is 2.11 bits per heavy atom. The molecular formula is C18H14F3N5O2. The van der Waals surface area contributed by atoms with Gasteiger partial charge in [0.15, 0.2) is 0 Å². The maximum absolute atomic E-state index is 12.9. The third-order valence-corrected chi connectivity index (χ3v) is 4.47. The second kappa shape index (κ2) is 7.02. The standard InChI is InChI=1S/C18H14F3N5O2/c19-18(20,21)12-4-1-3-11(9-12)15-24-16(28-25-15)14-5-2-8-26(14)17(27)13-10-22-6-7-23-13/h1,3-4,6-7,9-10,14H,2,5,8H2. The van der Waals surface area contributed by atoms with Crippen LogP contribution in [0.15, 0.2) is 47.4 Å². The van der Waals surface area contributed by atoms with Crippen molar-refractivity contribution in [3.05, 3.63) is 60.0 Å². The van der Waals surface area contributed by atoms with Gasteiger partial charge in [-0.2, -0.15) is 18.2 Å². The van der Waals surface area contributed by atoms with E-state index in [1.807, 2.05) is 0 Å². The van der Waals surface area contributed by atoms with Gasteiger partial charge in [-0.05, 0) is 25.0 Å². The molecule has 3 heterocycles. The SMILES string of the molecule is O=C(c1cnccn1)N1CCCC1c1nc(-c2cccc(C(F)(F)F)c2)no1. The van der Waals surface area contributed by atoms with Gasteiger partial charge < -0.3 is 9.42 Å². The number of carbonyl (C=O) groups is 1. The van der Waals surface area contributed by atoms with Crippen LogP contribution in [0.1, 0.15) is 40.8 Å². The zero-order valence-electron chi connectivity index (χ0n) is 14.4. The van der Waals surface area contributed by atoms with Crippen LogP contribution in [-0.4, -0.2) is 37.5 Å². The molecule has 0 radical (unpaired) electrons. The Morgan fingerprint density at radius 3 is 2.86 bits per heavy atom. The van der Waals surface area contributed by atoms with E-state index in [1.165, 1.54) is 30.7 Å². The summed E-state index contributed by atoms with van der Waals surface area (Å²) in [5.74, 6) is -0.0866. The molecule has 7 nitrogen and oxygen atoms in total. The van der Waals surface area contributed by atoms with Gasteiger partial charge in [0.25, 0.3) is 5.91 Å². The lowest BCUT2D eigenvalue weighted by atomic mass is 10.1. The Balaban J connectivity index is 1.60. The summed E-state index contributed by atoms with van der Waals surface area (Å²) in [4.78, 5) is 26.4. The van der Waals surface area contributed by atoms with Gasteiger partial charge in [-0.15, -0.1) is 0 Å². The van der Waals surface area contributed by atoms with Crippen molar-refractivity contribution < 1.29 is 22.5 Å². The van der Waals surface area contributed by atoms with Crippen molar-refractivity contribution in [3.63, 3.8) is 0 Å². The van der Waals surface area contributed by atoms with Gasteiger partial charge in [0, 0.05) is 24.5 Å². The van der Waals surface area contributed by atoms with Gasteiger partial charge in [0.05, 0.1) is 11.8 Å². The first-order valence-electron chi connectivity index (χ1n) is 8.52. The van der Waals surface area contributed by atoms with Crippen LogP contribution in [0.2, 0.25) is 0 Å². The van der Waals surface area contributed by atoms with Crippen LogP contribution in [0.25, 0.3) is 11.4 Å². The molecule has 0 saturated carbocycles. The van der Waals surface area contributed by atoms with Crippen molar-refractivity contribution >= 4 is 5.91 Å². The second-order valence-electron chi connectivity index (χ2n) is 6.28. The maximum Gasteiger partial charge on any atom is 0.416 e. The molecule has 0 bridgehead atoms. The molecule has 1 amide bonds. The van der Waals surface area contributed by atoms with Crippen molar-refractivity contribution in [2.75, 3.05) is 6.54 Å². The smallest absolute Gasteiger partial charge is 0.337 e. The van der Waals surface area contributed by atoms with E-state index in [0.29, 0.717) is 13.0 Å². The average molecular weight is 389 g/mol. The Labute approximate surface area is 157 Å². The lowest BCUT2D eigenvalue weighted by Crippen LogP contribution is -2.31. The van der Waals surface area contributed by atoms with Crippen molar-refractivity contribution in [2.45, 2.75) is 25.1 Å². The highest BCUT2D eigenvalue weighted by Crippen LogP contribution is 2.34. The highest BCUT2D eigenvalue weighted by molar-refractivity contribution is 5.92. The van der Waals surface area contributed by atoms with Gasteiger partial charge in [-0.25, -0.2) is 4.98 Å². The van der Waals surface area contributed by atoms with E-state index in [1.54, 1.807) is 4.90 Å². The van der Waals surface area contributed by atoms with Gasteiger partial charge in [-0.1, -0.05) is 17.3 Å². The van der Waals surface area contributed by atoms with Gasteiger partial charge >= 0.3 is 6.18 Å². The molecule has 2 aromatic heterocycles. The molecule has 1 fully saturated rings. The minimum atomic E-state index is -4.46.